The lowest BCUT2D eigenvalue weighted by molar-refractivity contribution is 0.0819. The zero-order chi connectivity index (χ0) is 10.8. The van der Waals surface area contributed by atoms with Gasteiger partial charge in [-0.15, -0.1) is 11.3 Å². The molecule has 2 rings (SSSR count). The number of aliphatic hydroxyl groups is 1. The highest BCUT2D eigenvalue weighted by atomic mass is 32.1. The maximum atomic E-state index is 9.78. The Morgan fingerprint density at radius 3 is 2.93 bits per heavy atom. The van der Waals surface area contributed by atoms with E-state index in [1.54, 1.807) is 11.3 Å². The number of aliphatic hydroxyl groups excluding tert-OH is 1. The Bertz CT molecular complexity index is 326. The average molecular weight is 226 g/mol. The Morgan fingerprint density at radius 1 is 1.60 bits per heavy atom. The summed E-state index contributed by atoms with van der Waals surface area (Å²) >= 11 is 1.69. The minimum absolute atomic E-state index is 0.144. The minimum Gasteiger partial charge on any atom is -0.391 e. The summed E-state index contributed by atoms with van der Waals surface area (Å²) in [6, 6.07) is 0.326. The third-order valence-electron chi connectivity index (χ3n) is 3.09. The van der Waals surface area contributed by atoms with Crippen LogP contribution in [0.4, 0.5) is 0 Å². The third-order valence-corrected chi connectivity index (χ3v) is 3.91. The van der Waals surface area contributed by atoms with Crippen LogP contribution >= 0.6 is 11.3 Å². The van der Waals surface area contributed by atoms with E-state index in [9.17, 15) is 5.11 Å². The second-order valence-corrected chi connectivity index (χ2v) is 5.40. The summed E-state index contributed by atoms with van der Waals surface area (Å²) in [4.78, 5) is 6.67. The first-order chi connectivity index (χ1) is 7.16. The van der Waals surface area contributed by atoms with E-state index >= 15 is 0 Å². The molecule has 1 fully saturated rings. The number of likely N-dealkylation sites (N-methyl/N-ethyl adjacent to an activating group) is 1. The molecule has 1 heterocycles. The van der Waals surface area contributed by atoms with Gasteiger partial charge in [-0.1, -0.05) is 0 Å². The Labute approximate surface area is 94.8 Å². The van der Waals surface area contributed by atoms with E-state index in [1.165, 1.54) is 0 Å². The molecule has 2 atom stereocenters. The standard InChI is InChI=1S/C11H18N2OS/c1-8-12-9(7-15-8)6-13(2)10-4-3-5-11(10)14/h7,10-11,14H,3-6H2,1-2H3. The van der Waals surface area contributed by atoms with E-state index in [2.05, 4.69) is 22.3 Å². The van der Waals surface area contributed by atoms with Crippen LogP contribution in [0.1, 0.15) is 30.0 Å². The van der Waals surface area contributed by atoms with Crippen molar-refractivity contribution in [1.82, 2.24) is 9.88 Å². The van der Waals surface area contributed by atoms with Crippen molar-refractivity contribution in [2.24, 2.45) is 0 Å². The maximum Gasteiger partial charge on any atom is 0.0897 e. The molecule has 2 unspecified atom stereocenters. The highest BCUT2D eigenvalue weighted by Gasteiger charge is 2.28. The number of aryl methyl sites for hydroxylation is 1. The smallest absolute Gasteiger partial charge is 0.0897 e. The van der Waals surface area contributed by atoms with Gasteiger partial charge in [-0.05, 0) is 33.2 Å². The van der Waals surface area contributed by atoms with E-state index in [0.29, 0.717) is 6.04 Å². The number of aromatic nitrogens is 1. The lowest BCUT2D eigenvalue weighted by atomic mass is 10.2. The van der Waals surface area contributed by atoms with Gasteiger partial charge in [0.2, 0.25) is 0 Å². The fraction of sp³-hybridized carbons (Fsp3) is 0.727. The first-order valence-electron chi connectivity index (χ1n) is 5.46. The van der Waals surface area contributed by atoms with Crippen molar-refractivity contribution in [2.45, 2.75) is 44.9 Å². The van der Waals surface area contributed by atoms with Gasteiger partial charge in [-0.3, -0.25) is 4.90 Å². The number of thiazole rings is 1. The fourth-order valence-corrected chi connectivity index (χ4v) is 2.89. The lowest BCUT2D eigenvalue weighted by Gasteiger charge is -2.26. The molecule has 1 aromatic rings. The highest BCUT2D eigenvalue weighted by Crippen LogP contribution is 2.24. The molecule has 1 saturated carbocycles. The van der Waals surface area contributed by atoms with Gasteiger partial charge in [0.05, 0.1) is 16.8 Å². The van der Waals surface area contributed by atoms with Crippen molar-refractivity contribution < 1.29 is 5.11 Å². The summed E-state index contributed by atoms with van der Waals surface area (Å²) in [6.07, 6.45) is 3.06. The molecule has 0 aliphatic heterocycles. The number of rotatable bonds is 3. The Kier molecular flexibility index (Phi) is 3.38. The summed E-state index contributed by atoms with van der Waals surface area (Å²) in [5.41, 5.74) is 1.12. The number of hydrogen-bond donors (Lipinski definition) is 1. The van der Waals surface area contributed by atoms with Crippen LogP contribution in [0.5, 0.6) is 0 Å². The van der Waals surface area contributed by atoms with E-state index in [0.717, 1.165) is 36.5 Å². The van der Waals surface area contributed by atoms with Gasteiger partial charge in [-0.25, -0.2) is 4.98 Å². The second-order valence-electron chi connectivity index (χ2n) is 4.34. The number of hydrogen-bond acceptors (Lipinski definition) is 4. The summed E-state index contributed by atoms with van der Waals surface area (Å²) in [5, 5.41) is 13.0. The topological polar surface area (TPSA) is 36.4 Å². The lowest BCUT2D eigenvalue weighted by Crippen LogP contribution is -2.37. The fourth-order valence-electron chi connectivity index (χ4n) is 2.29. The van der Waals surface area contributed by atoms with Gasteiger partial charge in [-0.2, -0.15) is 0 Å². The van der Waals surface area contributed by atoms with Gasteiger partial charge in [0, 0.05) is 18.0 Å². The van der Waals surface area contributed by atoms with Crippen molar-refractivity contribution >= 4 is 11.3 Å². The van der Waals surface area contributed by atoms with Crippen molar-refractivity contribution in [3.05, 3.63) is 16.1 Å². The Morgan fingerprint density at radius 2 is 2.40 bits per heavy atom. The van der Waals surface area contributed by atoms with Crippen LogP contribution in [0.25, 0.3) is 0 Å². The molecule has 1 aromatic heterocycles. The van der Waals surface area contributed by atoms with E-state index in [-0.39, 0.29) is 6.10 Å². The van der Waals surface area contributed by atoms with Crippen LogP contribution < -0.4 is 0 Å². The van der Waals surface area contributed by atoms with Crippen LogP contribution in [0, 0.1) is 6.92 Å². The minimum atomic E-state index is -0.144. The zero-order valence-corrected chi connectivity index (χ0v) is 10.1. The monoisotopic (exact) mass is 226 g/mol. The predicted octanol–water partition coefficient (Wildman–Crippen LogP) is 1.80. The van der Waals surface area contributed by atoms with E-state index < -0.39 is 0 Å². The van der Waals surface area contributed by atoms with Crippen molar-refractivity contribution in [3.8, 4) is 0 Å². The molecule has 3 nitrogen and oxygen atoms in total. The first kappa shape index (κ1) is 11.0. The molecule has 1 aliphatic carbocycles. The van der Waals surface area contributed by atoms with Gasteiger partial charge in [0.1, 0.15) is 0 Å². The van der Waals surface area contributed by atoms with Gasteiger partial charge < -0.3 is 5.11 Å². The molecule has 0 aromatic carbocycles. The molecular weight excluding hydrogens is 208 g/mol. The zero-order valence-electron chi connectivity index (χ0n) is 9.31. The molecule has 1 N–H and O–H groups in total. The Balaban J connectivity index is 1.94. The Hall–Kier alpha value is -0.450. The van der Waals surface area contributed by atoms with E-state index in [1.807, 2.05) is 6.92 Å². The molecular formula is C11H18N2OS. The van der Waals surface area contributed by atoms with Crippen molar-refractivity contribution in [1.29, 1.82) is 0 Å². The highest BCUT2D eigenvalue weighted by molar-refractivity contribution is 7.09. The summed E-state index contributed by atoms with van der Waals surface area (Å²) in [7, 11) is 2.08. The quantitative estimate of drug-likeness (QED) is 0.853. The molecule has 15 heavy (non-hydrogen) atoms. The summed E-state index contributed by atoms with van der Waals surface area (Å²) in [5.74, 6) is 0. The molecule has 0 bridgehead atoms. The number of nitrogens with zero attached hydrogens (tertiary/aromatic N) is 2. The summed E-state index contributed by atoms with van der Waals surface area (Å²) in [6.45, 7) is 2.88. The van der Waals surface area contributed by atoms with Crippen LogP contribution in [0.15, 0.2) is 5.38 Å². The van der Waals surface area contributed by atoms with Crippen LogP contribution in [0.3, 0.4) is 0 Å². The molecule has 0 saturated heterocycles. The molecule has 0 spiro atoms. The van der Waals surface area contributed by atoms with Crippen LogP contribution in [-0.2, 0) is 6.54 Å². The van der Waals surface area contributed by atoms with Crippen molar-refractivity contribution in [3.63, 3.8) is 0 Å². The predicted molar refractivity (Wildman–Crippen MR) is 62.0 cm³/mol. The molecule has 84 valence electrons. The normalized spacial score (nSPS) is 26.4. The van der Waals surface area contributed by atoms with Gasteiger partial charge in [0.25, 0.3) is 0 Å². The van der Waals surface area contributed by atoms with Gasteiger partial charge >= 0.3 is 0 Å². The first-order valence-corrected chi connectivity index (χ1v) is 6.34. The summed E-state index contributed by atoms with van der Waals surface area (Å²) < 4.78 is 0. The largest absolute Gasteiger partial charge is 0.391 e. The van der Waals surface area contributed by atoms with Gasteiger partial charge in [0.15, 0.2) is 0 Å². The molecule has 0 amide bonds. The molecule has 1 aliphatic rings. The third kappa shape index (κ3) is 2.56. The average Bonchev–Trinajstić information content (AvgIpc) is 2.75. The van der Waals surface area contributed by atoms with E-state index in [4.69, 9.17) is 0 Å². The maximum absolute atomic E-state index is 9.78. The second kappa shape index (κ2) is 4.60. The molecule has 4 heteroatoms. The van der Waals surface area contributed by atoms with Crippen LogP contribution in [0.2, 0.25) is 0 Å². The molecule has 0 radical (unpaired) electrons. The SMILES string of the molecule is Cc1nc(CN(C)C2CCCC2O)cs1. The van der Waals surface area contributed by atoms with Crippen LogP contribution in [-0.4, -0.2) is 34.2 Å². The van der Waals surface area contributed by atoms with Crippen molar-refractivity contribution in [2.75, 3.05) is 7.05 Å².